The standard InChI is InChI=1S/C13H16BrNO3S/c14-10-2-4-11(5-3-10)19(16,17)18-13-6-1-9-7-15-8-12(9)13/h2-5,9,12-13,15H,1,6-8H2. The van der Waals surface area contributed by atoms with Crippen LogP contribution in [0.5, 0.6) is 0 Å². The van der Waals surface area contributed by atoms with Crippen molar-refractivity contribution in [1.82, 2.24) is 5.32 Å². The summed E-state index contributed by atoms with van der Waals surface area (Å²) in [5.74, 6) is 0.912. The first kappa shape index (κ1) is 13.5. The summed E-state index contributed by atoms with van der Waals surface area (Å²) < 4.78 is 30.8. The fourth-order valence-electron chi connectivity index (χ4n) is 3.04. The fraction of sp³-hybridized carbons (Fsp3) is 0.538. The van der Waals surface area contributed by atoms with E-state index in [1.807, 2.05) is 0 Å². The molecule has 19 heavy (non-hydrogen) atoms. The summed E-state index contributed by atoms with van der Waals surface area (Å²) in [6.07, 6.45) is 1.72. The monoisotopic (exact) mass is 345 g/mol. The molecular formula is C13H16BrNO3S. The summed E-state index contributed by atoms with van der Waals surface area (Å²) in [6.45, 7) is 1.86. The molecule has 0 spiro atoms. The third kappa shape index (κ3) is 2.72. The van der Waals surface area contributed by atoms with Gasteiger partial charge in [0.25, 0.3) is 10.1 Å². The van der Waals surface area contributed by atoms with Crippen LogP contribution in [0, 0.1) is 11.8 Å². The van der Waals surface area contributed by atoms with Gasteiger partial charge < -0.3 is 5.32 Å². The molecule has 0 amide bonds. The second-order valence-electron chi connectivity index (χ2n) is 5.20. The molecule has 1 saturated heterocycles. The van der Waals surface area contributed by atoms with Gasteiger partial charge in [-0.15, -0.1) is 0 Å². The van der Waals surface area contributed by atoms with Crippen molar-refractivity contribution in [2.24, 2.45) is 11.8 Å². The average molecular weight is 346 g/mol. The quantitative estimate of drug-likeness (QED) is 0.853. The van der Waals surface area contributed by atoms with Crippen molar-refractivity contribution in [3.05, 3.63) is 28.7 Å². The smallest absolute Gasteiger partial charge is 0.297 e. The minimum absolute atomic E-state index is 0.173. The summed E-state index contributed by atoms with van der Waals surface area (Å²) in [5.41, 5.74) is 0. The first-order valence-electron chi connectivity index (χ1n) is 6.46. The van der Waals surface area contributed by atoms with Crippen molar-refractivity contribution in [3.63, 3.8) is 0 Å². The first-order chi connectivity index (χ1) is 9.06. The summed E-state index contributed by atoms with van der Waals surface area (Å²) >= 11 is 3.29. The molecule has 0 aromatic heterocycles. The number of benzene rings is 1. The Hall–Kier alpha value is -0.430. The van der Waals surface area contributed by atoms with E-state index in [-0.39, 0.29) is 11.0 Å². The Morgan fingerprint density at radius 1 is 1.16 bits per heavy atom. The van der Waals surface area contributed by atoms with Gasteiger partial charge >= 0.3 is 0 Å². The average Bonchev–Trinajstić information content (AvgIpc) is 2.95. The predicted molar refractivity (Wildman–Crippen MR) is 75.3 cm³/mol. The van der Waals surface area contributed by atoms with Crippen LogP contribution in [-0.2, 0) is 14.3 Å². The lowest BCUT2D eigenvalue weighted by atomic mass is 10.00. The molecule has 3 atom stereocenters. The van der Waals surface area contributed by atoms with E-state index < -0.39 is 10.1 Å². The second-order valence-corrected chi connectivity index (χ2v) is 7.69. The Morgan fingerprint density at radius 3 is 2.63 bits per heavy atom. The molecule has 1 aliphatic carbocycles. The van der Waals surface area contributed by atoms with Crippen molar-refractivity contribution in [2.75, 3.05) is 13.1 Å². The van der Waals surface area contributed by atoms with Crippen LogP contribution in [0.1, 0.15) is 12.8 Å². The maximum absolute atomic E-state index is 12.2. The van der Waals surface area contributed by atoms with Gasteiger partial charge in [0, 0.05) is 16.9 Å². The van der Waals surface area contributed by atoms with E-state index in [1.54, 1.807) is 24.3 Å². The third-order valence-electron chi connectivity index (χ3n) is 4.04. The van der Waals surface area contributed by atoms with Crippen LogP contribution in [0.15, 0.2) is 33.6 Å². The zero-order valence-corrected chi connectivity index (χ0v) is 12.8. The molecule has 3 rings (SSSR count). The van der Waals surface area contributed by atoms with E-state index in [0.717, 1.165) is 30.4 Å². The van der Waals surface area contributed by atoms with E-state index in [4.69, 9.17) is 4.18 Å². The normalized spacial score (nSPS) is 30.5. The lowest BCUT2D eigenvalue weighted by molar-refractivity contribution is 0.166. The number of rotatable bonds is 3. The van der Waals surface area contributed by atoms with Gasteiger partial charge in [0.2, 0.25) is 0 Å². The maximum Gasteiger partial charge on any atom is 0.297 e. The molecule has 1 saturated carbocycles. The molecule has 1 aliphatic heterocycles. The number of fused-ring (bicyclic) bond motifs is 1. The summed E-state index contributed by atoms with van der Waals surface area (Å²) in [4.78, 5) is 0.227. The molecule has 2 aliphatic rings. The molecule has 0 bridgehead atoms. The van der Waals surface area contributed by atoms with Gasteiger partial charge in [-0.25, -0.2) is 0 Å². The highest BCUT2D eigenvalue weighted by molar-refractivity contribution is 9.10. The van der Waals surface area contributed by atoms with Crippen LogP contribution in [0.3, 0.4) is 0 Å². The number of halogens is 1. The summed E-state index contributed by atoms with van der Waals surface area (Å²) in [6, 6.07) is 6.56. The van der Waals surface area contributed by atoms with Gasteiger partial charge in [0.05, 0.1) is 11.0 Å². The third-order valence-corrected chi connectivity index (χ3v) is 5.92. The van der Waals surface area contributed by atoms with Gasteiger partial charge in [0.15, 0.2) is 0 Å². The van der Waals surface area contributed by atoms with Crippen molar-refractivity contribution >= 4 is 26.0 Å². The Bertz CT molecular complexity index is 558. The molecule has 1 aromatic rings. The largest absolute Gasteiger partial charge is 0.316 e. The summed E-state index contributed by atoms with van der Waals surface area (Å²) in [5, 5.41) is 3.31. The second kappa shape index (κ2) is 5.16. The van der Waals surface area contributed by atoms with E-state index in [9.17, 15) is 8.42 Å². The van der Waals surface area contributed by atoms with Gasteiger partial charge in [0.1, 0.15) is 0 Å². The minimum Gasteiger partial charge on any atom is -0.316 e. The molecular weight excluding hydrogens is 330 g/mol. The first-order valence-corrected chi connectivity index (χ1v) is 8.66. The predicted octanol–water partition coefficient (Wildman–Crippen LogP) is 2.15. The van der Waals surface area contributed by atoms with Crippen molar-refractivity contribution in [3.8, 4) is 0 Å². The lowest BCUT2D eigenvalue weighted by Crippen LogP contribution is -2.26. The van der Waals surface area contributed by atoms with Crippen molar-refractivity contribution in [2.45, 2.75) is 23.8 Å². The zero-order chi connectivity index (χ0) is 13.5. The van der Waals surface area contributed by atoms with Crippen LogP contribution in [0.4, 0.5) is 0 Å². The van der Waals surface area contributed by atoms with Crippen LogP contribution in [-0.4, -0.2) is 27.6 Å². The van der Waals surface area contributed by atoms with E-state index in [0.29, 0.717) is 11.8 Å². The Morgan fingerprint density at radius 2 is 1.89 bits per heavy atom. The van der Waals surface area contributed by atoms with Gasteiger partial charge in [-0.1, -0.05) is 15.9 Å². The highest BCUT2D eigenvalue weighted by Crippen LogP contribution is 2.37. The molecule has 4 nitrogen and oxygen atoms in total. The van der Waals surface area contributed by atoms with E-state index >= 15 is 0 Å². The Balaban J connectivity index is 1.76. The van der Waals surface area contributed by atoms with Crippen LogP contribution in [0.2, 0.25) is 0 Å². The molecule has 104 valence electrons. The van der Waals surface area contributed by atoms with Crippen LogP contribution in [0.25, 0.3) is 0 Å². The highest BCUT2D eigenvalue weighted by Gasteiger charge is 2.42. The molecule has 1 heterocycles. The van der Waals surface area contributed by atoms with Crippen LogP contribution >= 0.6 is 15.9 Å². The highest BCUT2D eigenvalue weighted by atomic mass is 79.9. The minimum atomic E-state index is -3.65. The maximum atomic E-state index is 12.2. The number of hydrogen-bond acceptors (Lipinski definition) is 4. The lowest BCUT2D eigenvalue weighted by Gasteiger charge is -2.18. The van der Waals surface area contributed by atoms with Gasteiger partial charge in [-0.2, -0.15) is 8.42 Å². The van der Waals surface area contributed by atoms with Crippen LogP contribution < -0.4 is 5.32 Å². The van der Waals surface area contributed by atoms with E-state index in [1.165, 1.54) is 0 Å². The summed E-state index contributed by atoms with van der Waals surface area (Å²) in [7, 11) is -3.65. The molecule has 1 aromatic carbocycles. The van der Waals surface area contributed by atoms with Gasteiger partial charge in [-0.05, 0) is 49.6 Å². The SMILES string of the molecule is O=S(=O)(OC1CCC2CNCC21)c1ccc(Br)cc1. The molecule has 3 unspecified atom stereocenters. The molecule has 0 radical (unpaired) electrons. The number of hydrogen-bond donors (Lipinski definition) is 1. The molecule has 1 N–H and O–H groups in total. The van der Waals surface area contributed by atoms with E-state index in [2.05, 4.69) is 21.2 Å². The molecule has 6 heteroatoms. The Kier molecular flexibility index (Phi) is 3.68. The van der Waals surface area contributed by atoms with Gasteiger partial charge in [-0.3, -0.25) is 4.18 Å². The Labute approximate surface area is 121 Å². The van der Waals surface area contributed by atoms with Crippen molar-refractivity contribution < 1.29 is 12.6 Å². The zero-order valence-electron chi connectivity index (χ0n) is 10.4. The topological polar surface area (TPSA) is 55.4 Å². The number of nitrogens with one attached hydrogen (secondary N) is 1. The van der Waals surface area contributed by atoms with Crippen molar-refractivity contribution in [1.29, 1.82) is 0 Å². The molecule has 2 fully saturated rings. The fourth-order valence-corrected chi connectivity index (χ4v) is 4.45.